The van der Waals surface area contributed by atoms with E-state index in [4.69, 9.17) is 15.7 Å². The van der Waals surface area contributed by atoms with Gasteiger partial charge in [-0.2, -0.15) is 0 Å². The van der Waals surface area contributed by atoms with Gasteiger partial charge in [0.15, 0.2) is 0 Å². The summed E-state index contributed by atoms with van der Waals surface area (Å²) in [7, 11) is 0. The Morgan fingerprint density at radius 3 is 2.50 bits per heavy atom. The lowest BCUT2D eigenvalue weighted by Crippen LogP contribution is -2.10. The van der Waals surface area contributed by atoms with Gasteiger partial charge in [-0.3, -0.25) is 0 Å². The Hall–Kier alpha value is -0.490. The minimum atomic E-state index is -2.14. The molecule has 0 aliphatic carbocycles. The fourth-order valence-corrected chi connectivity index (χ4v) is 1.11. The van der Waals surface area contributed by atoms with E-state index in [1.165, 1.54) is 0 Å². The van der Waals surface area contributed by atoms with Crippen molar-refractivity contribution in [3.05, 3.63) is 34.3 Å². The first-order chi connectivity index (χ1) is 6.62. The Labute approximate surface area is 83.8 Å². The normalized spacial score (nSPS) is 16.5. The fraction of sp³-hybridized carbons (Fsp3) is 0.455. The summed E-state index contributed by atoms with van der Waals surface area (Å²) in [5.41, 5.74) is 1.15. The van der Waals surface area contributed by atoms with Gasteiger partial charge in [-0.05, 0) is 29.5 Å². The molecule has 0 saturated carbocycles. The molecule has 1 aromatic carbocycles. The summed E-state index contributed by atoms with van der Waals surface area (Å²) in [4.78, 5) is 0. The summed E-state index contributed by atoms with van der Waals surface area (Å²) < 4.78 is 22.1. The predicted octanol–water partition coefficient (Wildman–Crippen LogP) is 3.95. The zero-order valence-electron chi connectivity index (χ0n) is 10.6. The van der Waals surface area contributed by atoms with Crippen molar-refractivity contribution < 1.29 is 4.11 Å². The van der Waals surface area contributed by atoms with Gasteiger partial charge >= 0.3 is 0 Å². The van der Waals surface area contributed by atoms with Crippen LogP contribution in [0.25, 0.3) is 0 Å². The molecule has 12 heavy (non-hydrogen) atoms. The number of rotatable bonds is 0. The number of hydrogen-bond donors (Lipinski definition) is 0. The Balaban J connectivity index is 3.30. The van der Waals surface area contributed by atoms with Crippen molar-refractivity contribution in [2.75, 3.05) is 0 Å². The molecule has 0 N–H and O–H groups in total. The SMILES string of the molecule is [2H]C([2H])([2H])c1cc(C(C)(C)C)ccc1Cl. The Morgan fingerprint density at radius 1 is 1.33 bits per heavy atom. The monoisotopic (exact) mass is 185 g/mol. The highest BCUT2D eigenvalue weighted by Gasteiger charge is 2.13. The maximum Gasteiger partial charge on any atom is 0.0435 e. The topological polar surface area (TPSA) is 0 Å². The first kappa shape index (κ1) is 6.04. The fourth-order valence-electron chi connectivity index (χ4n) is 0.992. The lowest BCUT2D eigenvalue weighted by Gasteiger charge is -2.19. The van der Waals surface area contributed by atoms with Crippen molar-refractivity contribution in [3.8, 4) is 0 Å². The van der Waals surface area contributed by atoms with Crippen LogP contribution in [0.2, 0.25) is 5.02 Å². The van der Waals surface area contributed by atoms with Crippen LogP contribution in [0.4, 0.5) is 0 Å². The van der Waals surface area contributed by atoms with E-state index in [0.29, 0.717) is 5.02 Å². The summed E-state index contributed by atoms with van der Waals surface area (Å²) in [5, 5.41) is 0.308. The molecule has 0 heterocycles. The van der Waals surface area contributed by atoms with E-state index in [1.54, 1.807) is 12.1 Å². The maximum absolute atomic E-state index is 7.36. The molecule has 0 unspecified atom stereocenters. The second-order valence-electron chi connectivity index (χ2n) is 3.94. The summed E-state index contributed by atoms with van der Waals surface area (Å²) >= 11 is 5.87. The molecule has 0 amide bonds. The highest BCUT2D eigenvalue weighted by Crippen LogP contribution is 2.25. The number of hydrogen-bond acceptors (Lipinski definition) is 0. The minimum Gasteiger partial charge on any atom is -0.0841 e. The lowest BCUT2D eigenvalue weighted by molar-refractivity contribution is 0.590. The van der Waals surface area contributed by atoms with E-state index in [0.717, 1.165) is 5.56 Å². The average Bonchev–Trinajstić information content (AvgIpc) is 2.00. The minimum absolute atomic E-state index is 0.0649. The third-order valence-corrected chi connectivity index (χ3v) is 2.16. The van der Waals surface area contributed by atoms with Crippen LogP contribution in [0.3, 0.4) is 0 Å². The summed E-state index contributed by atoms with van der Waals surface area (Å²) in [6, 6.07) is 5.21. The van der Waals surface area contributed by atoms with Crippen molar-refractivity contribution in [1.82, 2.24) is 0 Å². The number of benzene rings is 1. The predicted molar refractivity (Wildman–Crippen MR) is 54.9 cm³/mol. The second-order valence-corrected chi connectivity index (χ2v) is 4.35. The zero-order chi connectivity index (χ0) is 11.9. The summed E-state index contributed by atoms with van der Waals surface area (Å²) in [6.45, 7) is 3.98. The third-order valence-electron chi connectivity index (χ3n) is 1.83. The average molecular weight is 186 g/mol. The van der Waals surface area contributed by atoms with E-state index >= 15 is 0 Å². The van der Waals surface area contributed by atoms with Crippen molar-refractivity contribution in [1.29, 1.82) is 0 Å². The molecule has 0 atom stereocenters. The van der Waals surface area contributed by atoms with Gasteiger partial charge in [-0.1, -0.05) is 44.5 Å². The van der Waals surface area contributed by atoms with Crippen molar-refractivity contribution in [3.63, 3.8) is 0 Å². The Kier molecular flexibility index (Phi) is 1.56. The van der Waals surface area contributed by atoms with Crippen LogP contribution in [0.5, 0.6) is 0 Å². The van der Waals surface area contributed by atoms with Crippen LogP contribution in [-0.4, -0.2) is 0 Å². The van der Waals surface area contributed by atoms with Gasteiger partial charge in [-0.15, -0.1) is 0 Å². The van der Waals surface area contributed by atoms with E-state index in [1.807, 2.05) is 26.8 Å². The third kappa shape index (κ3) is 2.01. The number of aryl methyl sites for hydroxylation is 1. The molecule has 0 fully saturated rings. The molecular weight excluding hydrogens is 168 g/mol. The number of halogens is 1. The molecule has 0 nitrogen and oxygen atoms in total. The Bertz CT molecular complexity index is 361. The molecular formula is C11H15Cl. The molecule has 1 heteroatoms. The molecule has 66 valence electrons. The van der Waals surface area contributed by atoms with Crippen LogP contribution < -0.4 is 0 Å². The highest BCUT2D eigenvalue weighted by atomic mass is 35.5. The lowest BCUT2D eigenvalue weighted by atomic mass is 9.86. The molecule has 1 rings (SSSR count). The molecule has 0 bridgehead atoms. The largest absolute Gasteiger partial charge is 0.0841 e. The van der Waals surface area contributed by atoms with Crippen LogP contribution in [0.15, 0.2) is 18.2 Å². The molecule has 0 radical (unpaired) electrons. The van der Waals surface area contributed by atoms with E-state index in [2.05, 4.69) is 0 Å². The van der Waals surface area contributed by atoms with Gasteiger partial charge < -0.3 is 0 Å². The van der Waals surface area contributed by atoms with Gasteiger partial charge in [0.25, 0.3) is 0 Å². The molecule has 1 aromatic rings. The first-order valence-corrected chi connectivity index (χ1v) is 4.30. The highest BCUT2D eigenvalue weighted by molar-refractivity contribution is 6.31. The molecule has 0 aromatic heterocycles. The molecule has 0 spiro atoms. The van der Waals surface area contributed by atoms with Crippen LogP contribution >= 0.6 is 11.6 Å². The zero-order valence-corrected chi connectivity index (χ0v) is 8.37. The van der Waals surface area contributed by atoms with Crippen LogP contribution in [0.1, 0.15) is 36.0 Å². The quantitative estimate of drug-likeness (QED) is 0.574. The van der Waals surface area contributed by atoms with Gasteiger partial charge in [-0.25, -0.2) is 0 Å². The second kappa shape index (κ2) is 3.10. The van der Waals surface area contributed by atoms with Gasteiger partial charge in [0.1, 0.15) is 0 Å². The molecule has 0 aliphatic heterocycles. The van der Waals surface area contributed by atoms with Crippen molar-refractivity contribution >= 4 is 11.6 Å². The van der Waals surface area contributed by atoms with Crippen LogP contribution in [-0.2, 0) is 5.41 Å². The smallest absolute Gasteiger partial charge is 0.0435 e. The first-order valence-electron chi connectivity index (χ1n) is 5.43. The van der Waals surface area contributed by atoms with Crippen molar-refractivity contribution in [2.24, 2.45) is 0 Å². The van der Waals surface area contributed by atoms with E-state index in [-0.39, 0.29) is 11.0 Å². The van der Waals surface area contributed by atoms with Crippen molar-refractivity contribution in [2.45, 2.75) is 33.0 Å². The van der Waals surface area contributed by atoms with E-state index < -0.39 is 6.85 Å². The standard InChI is InChI=1S/C11H15Cl/c1-8-7-9(11(2,3)4)5-6-10(8)12/h5-7H,1-4H3/i1D3. The Morgan fingerprint density at radius 2 is 2.00 bits per heavy atom. The van der Waals surface area contributed by atoms with Crippen LogP contribution in [0, 0.1) is 6.85 Å². The van der Waals surface area contributed by atoms with E-state index in [9.17, 15) is 0 Å². The summed E-state index contributed by atoms with van der Waals surface area (Å²) in [6.07, 6.45) is 0. The maximum atomic E-state index is 7.36. The van der Waals surface area contributed by atoms with Gasteiger partial charge in [0.2, 0.25) is 0 Å². The molecule has 0 saturated heterocycles. The van der Waals surface area contributed by atoms with Gasteiger partial charge in [0.05, 0.1) is 0 Å². The summed E-state index contributed by atoms with van der Waals surface area (Å²) in [5.74, 6) is 0. The van der Waals surface area contributed by atoms with Gasteiger partial charge in [0, 0.05) is 9.13 Å². The molecule has 0 aliphatic rings.